The van der Waals surface area contributed by atoms with Gasteiger partial charge >= 0.3 is 0 Å². The monoisotopic (exact) mass is 442 g/mol. The van der Waals surface area contributed by atoms with Crippen molar-refractivity contribution in [2.45, 2.75) is 24.3 Å². The quantitative estimate of drug-likeness (QED) is 0.362. The predicted molar refractivity (Wildman–Crippen MR) is 112 cm³/mol. The van der Waals surface area contributed by atoms with Crippen molar-refractivity contribution in [3.05, 3.63) is 53.7 Å². The van der Waals surface area contributed by atoms with Crippen molar-refractivity contribution in [2.24, 2.45) is 0 Å². The molecule has 160 valence electrons. The number of nitrogens with zero attached hydrogens (tertiary/aromatic N) is 4. The van der Waals surface area contributed by atoms with Crippen LogP contribution < -0.4 is 9.47 Å². The number of aromatic nitrogens is 4. The van der Waals surface area contributed by atoms with Crippen molar-refractivity contribution in [1.82, 2.24) is 20.3 Å². The lowest BCUT2D eigenvalue weighted by molar-refractivity contribution is 0.379. The molecule has 2 heterocycles. The Morgan fingerprint density at radius 2 is 1.74 bits per heavy atom. The van der Waals surface area contributed by atoms with E-state index in [1.54, 1.807) is 51.5 Å². The van der Waals surface area contributed by atoms with Gasteiger partial charge in [0.2, 0.25) is 17.6 Å². The molecule has 2 aromatic heterocycles. The summed E-state index contributed by atoms with van der Waals surface area (Å²) in [5, 5.41) is 12.2. The molecule has 0 aliphatic heterocycles. The van der Waals surface area contributed by atoms with E-state index < -0.39 is 0 Å². The zero-order chi connectivity index (χ0) is 22.0. The van der Waals surface area contributed by atoms with Crippen LogP contribution in [0.15, 0.2) is 50.6 Å². The van der Waals surface area contributed by atoms with Crippen LogP contribution in [0.3, 0.4) is 0 Å². The summed E-state index contributed by atoms with van der Waals surface area (Å²) < 4.78 is 35.5. The standard InChI is InChI=1S/C21H19FN4O4S/c1-11-5-6-13(9-17(11)22)18-23-19(30-26-18)12(2)31-21-25-24-20(29-21)14-7-15(27-3)10-16(8-14)28-4/h5-10,12H,1-4H3. The number of thioether (sulfide) groups is 1. The van der Waals surface area contributed by atoms with E-state index in [0.29, 0.717) is 51.0 Å². The fraction of sp³-hybridized carbons (Fsp3) is 0.238. The molecule has 4 aromatic rings. The fourth-order valence-corrected chi connectivity index (χ4v) is 3.47. The molecule has 0 saturated carbocycles. The second-order valence-electron chi connectivity index (χ2n) is 6.65. The summed E-state index contributed by atoms with van der Waals surface area (Å²) in [6.07, 6.45) is 0. The van der Waals surface area contributed by atoms with Crippen LogP contribution in [0, 0.1) is 12.7 Å². The molecule has 0 aliphatic carbocycles. The summed E-state index contributed by atoms with van der Waals surface area (Å²) in [5.41, 5.74) is 1.77. The number of rotatable bonds is 7. The number of benzene rings is 2. The highest BCUT2D eigenvalue weighted by atomic mass is 32.2. The van der Waals surface area contributed by atoms with Gasteiger partial charge in [0, 0.05) is 17.2 Å². The molecule has 10 heteroatoms. The van der Waals surface area contributed by atoms with Crippen LogP contribution in [0.25, 0.3) is 22.8 Å². The first kappa shape index (κ1) is 20.9. The van der Waals surface area contributed by atoms with Gasteiger partial charge in [-0.2, -0.15) is 4.98 Å². The molecule has 0 radical (unpaired) electrons. The van der Waals surface area contributed by atoms with E-state index in [4.69, 9.17) is 18.4 Å². The van der Waals surface area contributed by atoms with Crippen LogP contribution in [0.2, 0.25) is 0 Å². The third-order valence-electron chi connectivity index (χ3n) is 4.50. The van der Waals surface area contributed by atoms with Gasteiger partial charge in [-0.05, 0) is 37.6 Å². The number of hydrogen-bond donors (Lipinski definition) is 0. The van der Waals surface area contributed by atoms with Gasteiger partial charge in [0.15, 0.2) is 0 Å². The summed E-state index contributed by atoms with van der Waals surface area (Å²) >= 11 is 1.27. The minimum absolute atomic E-state index is 0.260. The summed E-state index contributed by atoms with van der Waals surface area (Å²) in [7, 11) is 3.14. The van der Waals surface area contributed by atoms with Crippen molar-refractivity contribution < 1.29 is 22.8 Å². The number of halogens is 1. The summed E-state index contributed by atoms with van der Waals surface area (Å²) in [4.78, 5) is 4.37. The van der Waals surface area contributed by atoms with Crippen molar-refractivity contribution in [1.29, 1.82) is 0 Å². The molecule has 1 atom stereocenters. The van der Waals surface area contributed by atoms with Crippen molar-refractivity contribution in [3.63, 3.8) is 0 Å². The average molecular weight is 442 g/mol. The van der Waals surface area contributed by atoms with E-state index in [9.17, 15) is 4.39 Å². The molecule has 0 aliphatic rings. The molecule has 4 rings (SSSR count). The molecule has 0 saturated heterocycles. The maximum Gasteiger partial charge on any atom is 0.277 e. The van der Waals surface area contributed by atoms with Crippen LogP contribution in [-0.2, 0) is 0 Å². The zero-order valence-electron chi connectivity index (χ0n) is 17.2. The van der Waals surface area contributed by atoms with E-state index in [2.05, 4.69) is 20.3 Å². The van der Waals surface area contributed by atoms with E-state index in [1.165, 1.54) is 17.8 Å². The third-order valence-corrected chi connectivity index (χ3v) is 5.42. The Morgan fingerprint density at radius 3 is 2.42 bits per heavy atom. The van der Waals surface area contributed by atoms with Gasteiger partial charge in [-0.25, -0.2) is 4.39 Å². The van der Waals surface area contributed by atoms with Crippen LogP contribution in [0.4, 0.5) is 4.39 Å². The SMILES string of the molecule is COc1cc(OC)cc(-c2nnc(SC(C)c3nc(-c4ccc(C)c(F)c4)no3)o2)c1. The normalized spacial score (nSPS) is 12.0. The molecule has 0 amide bonds. The molecule has 0 fully saturated rings. The number of ether oxygens (including phenoxy) is 2. The molecule has 2 aromatic carbocycles. The Morgan fingerprint density at radius 1 is 1.00 bits per heavy atom. The van der Waals surface area contributed by atoms with Crippen LogP contribution in [0.5, 0.6) is 11.5 Å². The number of hydrogen-bond acceptors (Lipinski definition) is 9. The molecular formula is C21H19FN4O4S. The van der Waals surface area contributed by atoms with Crippen molar-refractivity contribution in [2.75, 3.05) is 14.2 Å². The Balaban J connectivity index is 1.50. The van der Waals surface area contributed by atoms with Gasteiger partial charge in [-0.15, -0.1) is 10.2 Å². The van der Waals surface area contributed by atoms with Crippen molar-refractivity contribution in [3.8, 4) is 34.3 Å². The minimum Gasteiger partial charge on any atom is -0.497 e. The lowest BCUT2D eigenvalue weighted by Gasteiger charge is -2.05. The third kappa shape index (κ3) is 4.53. The van der Waals surface area contributed by atoms with Gasteiger partial charge in [0.25, 0.3) is 5.22 Å². The smallest absolute Gasteiger partial charge is 0.277 e. The van der Waals surface area contributed by atoms with Gasteiger partial charge in [-0.3, -0.25) is 0 Å². The first-order chi connectivity index (χ1) is 15.0. The molecule has 0 bridgehead atoms. The minimum atomic E-state index is -0.321. The average Bonchev–Trinajstić information content (AvgIpc) is 3.45. The van der Waals surface area contributed by atoms with Gasteiger partial charge in [-0.1, -0.05) is 29.1 Å². The Labute approximate surface area is 181 Å². The Kier molecular flexibility index (Phi) is 5.90. The molecule has 0 N–H and O–H groups in total. The largest absolute Gasteiger partial charge is 0.497 e. The van der Waals surface area contributed by atoms with E-state index in [-0.39, 0.29) is 11.1 Å². The highest BCUT2D eigenvalue weighted by Crippen LogP contribution is 2.36. The van der Waals surface area contributed by atoms with E-state index in [1.807, 2.05) is 6.92 Å². The number of methoxy groups -OCH3 is 2. The van der Waals surface area contributed by atoms with Gasteiger partial charge < -0.3 is 18.4 Å². The summed E-state index contributed by atoms with van der Waals surface area (Å²) in [6, 6.07) is 10.1. The van der Waals surface area contributed by atoms with Crippen molar-refractivity contribution >= 4 is 11.8 Å². The number of aryl methyl sites for hydroxylation is 1. The highest BCUT2D eigenvalue weighted by molar-refractivity contribution is 7.99. The first-order valence-corrected chi connectivity index (χ1v) is 10.2. The molecule has 8 nitrogen and oxygen atoms in total. The maximum atomic E-state index is 13.8. The highest BCUT2D eigenvalue weighted by Gasteiger charge is 2.21. The second kappa shape index (κ2) is 8.76. The zero-order valence-corrected chi connectivity index (χ0v) is 18.1. The predicted octanol–water partition coefficient (Wildman–Crippen LogP) is 5.10. The second-order valence-corrected chi connectivity index (χ2v) is 7.95. The molecular weight excluding hydrogens is 423 g/mol. The topological polar surface area (TPSA) is 96.3 Å². The Hall–Kier alpha value is -3.40. The Bertz CT molecular complexity index is 1190. The lowest BCUT2D eigenvalue weighted by atomic mass is 10.1. The molecule has 0 spiro atoms. The molecule has 1 unspecified atom stereocenters. The molecule has 31 heavy (non-hydrogen) atoms. The van der Waals surface area contributed by atoms with Crippen LogP contribution in [-0.4, -0.2) is 34.6 Å². The van der Waals surface area contributed by atoms with E-state index >= 15 is 0 Å². The summed E-state index contributed by atoms with van der Waals surface area (Å²) in [6.45, 7) is 3.57. The first-order valence-electron chi connectivity index (χ1n) is 9.30. The van der Waals surface area contributed by atoms with E-state index in [0.717, 1.165) is 0 Å². The van der Waals surface area contributed by atoms with Crippen LogP contribution in [0.1, 0.15) is 23.6 Å². The van der Waals surface area contributed by atoms with Crippen LogP contribution >= 0.6 is 11.8 Å². The fourth-order valence-electron chi connectivity index (χ4n) is 2.76. The van der Waals surface area contributed by atoms with Gasteiger partial charge in [0.05, 0.1) is 19.5 Å². The maximum absolute atomic E-state index is 13.8. The summed E-state index contributed by atoms with van der Waals surface area (Å²) in [5.74, 6) is 1.91. The lowest BCUT2D eigenvalue weighted by Crippen LogP contribution is -1.90. The van der Waals surface area contributed by atoms with Gasteiger partial charge in [0.1, 0.15) is 17.3 Å².